The van der Waals surface area contributed by atoms with Crippen molar-refractivity contribution in [2.45, 2.75) is 144 Å². The van der Waals surface area contributed by atoms with Crippen LogP contribution in [-0.4, -0.2) is 81.6 Å². The van der Waals surface area contributed by atoms with Crippen LogP contribution >= 0.6 is 34.3 Å². The van der Waals surface area contributed by atoms with Crippen LogP contribution in [0.3, 0.4) is 0 Å². The molecule has 2 aromatic heterocycles. The normalized spacial score (nSPS) is 17.4. The Morgan fingerprint density at radius 1 is 0.568 bits per heavy atom. The number of fused-ring (bicyclic) bond motifs is 2. The van der Waals surface area contributed by atoms with Crippen molar-refractivity contribution in [2.75, 3.05) is 11.1 Å². The first-order valence-electron chi connectivity index (χ1n) is 25.6. The van der Waals surface area contributed by atoms with E-state index in [1.54, 1.807) is 24.3 Å². The molecule has 0 unspecified atom stereocenters. The van der Waals surface area contributed by atoms with Crippen LogP contribution in [0.15, 0.2) is 109 Å². The Bertz CT molecular complexity index is 3350. The van der Waals surface area contributed by atoms with Gasteiger partial charge in [-0.2, -0.15) is 10.5 Å². The number of thiazole rings is 2. The number of hydrogen-bond acceptors (Lipinski definition) is 18. The Hall–Kier alpha value is -6.40. The number of amides is 1. The number of nitrogens with two attached hydrogens (primary N) is 1. The molecule has 424 valence electrons. The number of anilines is 2. The first-order valence-corrected chi connectivity index (χ1v) is 27.6. The maximum Gasteiger partial charge on any atom is 0.494 e. The van der Waals surface area contributed by atoms with Crippen LogP contribution in [0.4, 0.5) is 21.0 Å². The fraction of sp³-hybridized carbons (Fsp3) is 0.379. The van der Waals surface area contributed by atoms with E-state index in [1.165, 1.54) is 22.7 Å². The van der Waals surface area contributed by atoms with E-state index in [0.29, 0.717) is 21.4 Å². The number of nitrogens with one attached hydrogen (secondary N) is 1. The van der Waals surface area contributed by atoms with Gasteiger partial charge in [-0.05, 0) is 153 Å². The van der Waals surface area contributed by atoms with Crippen molar-refractivity contribution >= 4 is 115 Å². The van der Waals surface area contributed by atoms with Gasteiger partial charge in [-0.25, -0.2) is 19.6 Å². The maximum atomic E-state index is 12.2. The molecule has 3 fully saturated rings. The van der Waals surface area contributed by atoms with Gasteiger partial charge in [-0.3, -0.25) is 5.32 Å². The second-order valence-electron chi connectivity index (χ2n) is 22.0. The summed E-state index contributed by atoms with van der Waals surface area (Å²) in [7, 11) is -1.14. The molecule has 5 aromatic carbocycles. The van der Waals surface area contributed by atoms with Gasteiger partial charge in [-0.1, -0.05) is 80.2 Å². The van der Waals surface area contributed by atoms with Crippen molar-refractivity contribution in [1.29, 1.82) is 10.5 Å². The molecule has 4 N–H and O–H groups in total. The minimum absolute atomic E-state index is 0. The molecule has 10 rings (SSSR count). The van der Waals surface area contributed by atoms with Gasteiger partial charge in [0.1, 0.15) is 25.4 Å². The van der Waals surface area contributed by atoms with Crippen molar-refractivity contribution in [3.05, 3.63) is 136 Å². The van der Waals surface area contributed by atoms with Crippen LogP contribution in [-0.2, 0) is 57.2 Å². The summed E-state index contributed by atoms with van der Waals surface area (Å²) in [4.78, 5) is 31.0. The summed E-state index contributed by atoms with van der Waals surface area (Å²) in [5.74, 6) is 0. The highest BCUT2D eigenvalue weighted by Gasteiger charge is 2.53. The number of ether oxygens (including phenoxy) is 2. The lowest BCUT2D eigenvalue weighted by atomic mass is 9.79. The summed E-state index contributed by atoms with van der Waals surface area (Å²) in [6.45, 7) is 24.6. The zero-order chi connectivity index (χ0) is 58.4. The molecule has 81 heavy (non-hydrogen) atoms. The van der Waals surface area contributed by atoms with Gasteiger partial charge in [0, 0.05) is 23.0 Å². The SMILES string of the molecule is C.CC1(C)OB(c2ccc(CO)cc2)OC1(C)C.CC1(C)OB(c2ccc(COC(=O)Cl)cc2)OC1(C)C.CC1(C)OB(c2ccc(COC(=O)Nc3ccc4nc(C#N)sc4c3)cc2)OC1(C)C.N#Cc1nc2ccc(N)cc2s1. The second-order valence-corrected chi connectivity index (χ2v) is 24.4. The maximum absolute atomic E-state index is 12.2. The summed E-state index contributed by atoms with van der Waals surface area (Å²) < 4.78 is 47.7. The standard InChI is InChI=1S/C22H22BN3O4S.C14H18BClO4.C13H19BO3.C8H5N3S.CH4/c1-21(2)22(3,4)30-23(29-21)15-7-5-14(6-8-15)13-28-20(27)25-16-9-10-17-18(11-16)31-19(12-24)26-17;1-13(2)14(3,4)20-15(19-13)11-7-5-10(6-8-11)9-18-12(16)17;1-12(2)13(3,4)17-14(16-12)11-7-5-10(9-15)6-8-11;9-4-8-11-6-2-1-5(10)3-7(6)12-8;/h5-11H,13H2,1-4H3,(H,25,27);5-8H,9H2,1-4H3;5-8,15H,9H2,1-4H3;1-3H,10H2;1H4. The highest BCUT2D eigenvalue weighted by Crippen LogP contribution is 2.39. The minimum Gasteiger partial charge on any atom is -0.449 e. The summed E-state index contributed by atoms with van der Waals surface area (Å²) in [5.41, 5.74) is 10.9. The number of nitrogen functional groups attached to an aromatic ring is 1. The molecule has 3 saturated heterocycles. The van der Waals surface area contributed by atoms with E-state index in [1.807, 2.05) is 180 Å². The third-order valence-electron chi connectivity index (χ3n) is 14.7. The predicted molar refractivity (Wildman–Crippen MR) is 322 cm³/mol. The number of benzene rings is 5. The number of nitriles is 2. The summed E-state index contributed by atoms with van der Waals surface area (Å²) in [6, 6.07) is 37.5. The number of aromatic nitrogens is 2. The third-order valence-corrected chi connectivity index (χ3v) is 16.6. The average molecular weight is 1160 g/mol. The van der Waals surface area contributed by atoms with Crippen LogP contribution in [0.2, 0.25) is 0 Å². The lowest BCUT2D eigenvalue weighted by molar-refractivity contribution is 0.00578. The van der Waals surface area contributed by atoms with Crippen LogP contribution in [0.5, 0.6) is 0 Å². The van der Waals surface area contributed by atoms with E-state index in [4.69, 9.17) is 70.4 Å². The highest BCUT2D eigenvalue weighted by atomic mass is 35.5. The minimum atomic E-state index is -0.806. The average Bonchev–Trinajstić information content (AvgIpc) is 4.37. The monoisotopic (exact) mass is 1160 g/mol. The Morgan fingerprint density at radius 2 is 0.914 bits per heavy atom. The topological polar surface area (TPSA) is 240 Å². The van der Waals surface area contributed by atoms with E-state index < -0.39 is 29.8 Å². The lowest BCUT2D eigenvalue weighted by Crippen LogP contribution is -2.41. The molecule has 3 aliphatic rings. The van der Waals surface area contributed by atoms with E-state index in [0.717, 1.165) is 53.5 Å². The largest absolute Gasteiger partial charge is 0.494 e. The van der Waals surface area contributed by atoms with E-state index in [2.05, 4.69) is 15.3 Å². The number of hydrogen-bond donors (Lipinski definition) is 3. The van der Waals surface area contributed by atoms with Crippen LogP contribution < -0.4 is 27.4 Å². The van der Waals surface area contributed by atoms with Crippen molar-refractivity contribution in [3.63, 3.8) is 0 Å². The lowest BCUT2D eigenvalue weighted by Gasteiger charge is -2.32. The Morgan fingerprint density at radius 3 is 1.27 bits per heavy atom. The molecule has 1 amide bonds. The number of carbonyl (C=O) groups is 2. The summed E-state index contributed by atoms with van der Waals surface area (Å²) in [6.07, 6.45) is -0.556. The second kappa shape index (κ2) is 25.8. The number of carbonyl (C=O) groups excluding carboxylic acids is 2. The Labute approximate surface area is 488 Å². The smallest absolute Gasteiger partial charge is 0.449 e. The van der Waals surface area contributed by atoms with Crippen LogP contribution in [0.25, 0.3) is 20.4 Å². The van der Waals surface area contributed by atoms with Gasteiger partial charge >= 0.3 is 32.9 Å². The molecule has 0 bridgehead atoms. The molecule has 0 atom stereocenters. The van der Waals surface area contributed by atoms with Crippen molar-refractivity contribution in [3.8, 4) is 12.1 Å². The molecule has 0 radical (unpaired) electrons. The Kier molecular flexibility index (Phi) is 20.3. The molecule has 5 heterocycles. The number of halogens is 1. The highest BCUT2D eigenvalue weighted by molar-refractivity contribution is 7.19. The van der Waals surface area contributed by atoms with Gasteiger partial charge in [0.25, 0.3) is 0 Å². The van der Waals surface area contributed by atoms with Gasteiger partial charge < -0.3 is 48.2 Å². The summed E-state index contributed by atoms with van der Waals surface area (Å²) >= 11 is 7.76. The number of aliphatic hydroxyl groups is 1. The summed E-state index contributed by atoms with van der Waals surface area (Å²) in [5, 5.41) is 30.1. The first-order chi connectivity index (χ1) is 37.5. The molecule has 7 aromatic rings. The van der Waals surface area contributed by atoms with Gasteiger partial charge in [0.2, 0.25) is 0 Å². The Balaban J connectivity index is 0.000000184. The van der Waals surface area contributed by atoms with Gasteiger partial charge in [-0.15, -0.1) is 22.7 Å². The van der Waals surface area contributed by atoms with Crippen LogP contribution in [0, 0.1) is 22.7 Å². The molecule has 0 aliphatic carbocycles. The molecule has 3 aliphatic heterocycles. The molecule has 23 heteroatoms. The molecule has 0 spiro atoms. The fourth-order valence-electron chi connectivity index (χ4n) is 7.74. The molecule has 0 saturated carbocycles. The fourth-order valence-corrected chi connectivity index (χ4v) is 9.41. The van der Waals surface area contributed by atoms with Gasteiger partial charge in [0.05, 0.1) is 60.6 Å². The van der Waals surface area contributed by atoms with Crippen molar-refractivity contribution < 1.29 is 52.1 Å². The predicted octanol–water partition coefficient (Wildman–Crippen LogP) is 10.9. The zero-order valence-electron chi connectivity index (χ0n) is 46.8. The zero-order valence-corrected chi connectivity index (χ0v) is 49.2. The quantitative estimate of drug-likeness (QED) is 0.0692. The van der Waals surface area contributed by atoms with Crippen molar-refractivity contribution in [2.24, 2.45) is 0 Å². The van der Waals surface area contributed by atoms with Crippen LogP contribution in [0.1, 0.15) is 117 Å². The molecular formula is C58H68B3ClN6O11S2. The first kappa shape index (κ1) is 63.8. The van der Waals surface area contributed by atoms with E-state index in [9.17, 15) is 9.59 Å². The number of rotatable bonds is 9. The molecular weight excluding hydrogens is 1090 g/mol. The number of nitrogens with zero attached hydrogens (tertiary/aromatic N) is 4. The van der Waals surface area contributed by atoms with Crippen molar-refractivity contribution in [1.82, 2.24) is 9.97 Å². The van der Waals surface area contributed by atoms with Gasteiger partial charge in [0.15, 0.2) is 10.0 Å². The van der Waals surface area contributed by atoms with E-state index in [-0.39, 0.29) is 63.9 Å². The third kappa shape index (κ3) is 15.8. The molecule has 17 nitrogen and oxygen atoms in total. The number of aliphatic hydroxyl groups excluding tert-OH is 1. The van der Waals surface area contributed by atoms with E-state index >= 15 is 0 Å².